The molecule has 1 N–H and O–H groups in total. The molecule has 1 heterocycles. The Morgan fingerprint density at radius 2 is 1.92 bits per heavy atom. The summed E-state index contributed by atoms with van der Waals surface area (Å²) in [4.78, 5) is 11.8. The van der Waals surface area contributed by atoms with Crippen LogP contribution in [0.4, 0.5) is 0 Å². The van der Waals surface area contributed by atoms with Gasteiger partial charge in [-0.1, -0.05) is 6.07 Å². The third-order valence-electron chi connectivity index (χ3n) is 3.31. The van der Waals surface area contributed by atoms with E-state index in [1.165, 1.54) is 6.08 Å². The van der Waals surface area contributed by atoms with Crippen LogP contribution in [0.2, 0.25) is 0 Å². The fourth-order valence-corrected chi connectivity index (χ4v) is 2.53. The van der Waals surface area contributed by atoms with Gasteiger partial charge < -0.3 is 19.2 Å². The van der Waals surface area contributed by atoms with Crippen LogP contribution >= 0.6 is 15.9 Å². The second kappa shape index (κ2) is 9.93. The van der Waals surface area contributed by atoms with Crippen LogP contribution in [0.5, 0.6) is 11.5 Å². The molecule has 25 heavy (non-hydrogen) atoms. The SMILES string of the molecule is CCOc1ccc(CCNC(=O)/C=C/c2ccc(Br)o2)cc1OCC. The average molecular weight is 408 g/mol. The Labute approximate surface area is 156 Å². The van der Waals surface area contributed by atoms with E-state index < -0.39 is 0 Å². The lowest BCUT2D eigenvalue weighted by molar-refractivity contribution is -0.116. The van der Waals surface area contributed by atoms with Gasteiger partial charge in [-0.25, -0.2) is 0 Å². The van der Waals surface area contributed by atoms with Crippen molar-refractivity contribution in [1.82, 2.24) is 5.32 Å². The van der Waals surface area contributed by atoms with Gasteiger partial charge in [-0.15, -0.1) is 0 Å². The third-order valence-corrected chi connectivity index (χ3v) is 3.74. The molecule has 0 unspecified atom stereocenters. The second-order valence-corrected chi connectivity index (χ2v) is 5.94. The quantitative estimate of drug-likeness (QED) is 0.632. The first-order chi connectivity index (χ1) is 12.1. The van der Waals surface area contributed by atoms with E-state index in [9.17, 15) is 4.79 Å². The zero-order valence-electron chi connectivity index (χ0n) is 14.4. The number of furan rings is 1. The summed E-state index contributed by atoms with van der Waals surface area (Å²) >= 11 is 3.22. The fraction of sp³-hybridized carbons (Fsp3) is 0.316. The van der Waals surface area contributed by atoms with Gasteiger partial charge >= 0.3 is 0 Å². The zero-order valence-corrected chi connectivity index (χ0v) is 16.0. The van der Waals surface area contributed by atoms with Gasteiger partial charge in [0.15, 0.2) is 16.2 Å². The minimum atomic E-state index is -0.163. The smallest absolute Gasteiger partial charge is 0.244 e. The van der Waals surface area contributed by atoms with Crippen LogP contribution < -0.4 is 14.8 Å². The predicted octanol–water partition coefficient (Wildman–Crippen LogP) is 4.21. The number of carbonyl (C=O) groups is 1. The lowest BCUT2D eigenvalue weighted by Gasteiger charge is -2.12. The lowest BCUT2D eigenvalue weighted by atomic mass is 10.1. The average Bonchev–Trinajstić information content (AvgIpc) is 3.01. The van der Waals surface area contributed by atoms with Gasteiger partial charge in [-0.3, -0.25) is 4.79 Å². The maximum absolute atomic E-state index is 11.8. The monoisotopic (exact) mass is 407 g/mol. The molecule has 5 nitrogen and oxygen atoms in total. The van der Waals surface area contributed by atoms with E-state index in [1.54, 1.807) is 18.2 Å². The van der Waals surface area contributed by atoms with Crippen molar-refractivity contribution in [1.29, 1.82) is 0 Å². The Bertz CT molecular complexity index is 724. The molecule has 134 valence electrons. The van der Waals surface area contributed by atoms with Gasteiger partial charge in [0.05, 0.1) is 13.2 Å². The van der Waals surface area contributed by atoms with Crippen LogP contribution in [0.3, 0.4) is 0 Å². The summed E-state index contributed by atoms with van der Waals surface area (Å²) in [6.45, 7) is 5.58. The Morgan fingerprint density at radius 1 is 1.16 bits per heavy atom. The largest absolute Gasteiger partial charge is 0.490 e. The van der Waals surface area contributed by atoms with E-state index in [2.05, 4.69) is 21.2 Å². The number of nitrogens with one attached hydrogen (secondary N) is 1. The maximum atomic E-state index is 11.8. The van der Waals surface area contributed by atoms with Gasteiger partial charge in [0.2, 0.25) is 5.91 Å². The Balaban J connectivity index is 1.85. The van der Waals surface area contributed by atoms with E-state index in [-0.39, 0.29) is 5.91 Å². The first-order valence-corrected chi connectivity index (χ1v) is 9.01. The van der Waals surface area contributed by atoms with Crippen LogP contribution in [-0.4, -0.2) is 25.7 Å². The Morgan fingerprint density at radius 3 is 2.60 bits per heavy atom. The molecular weight excluding hydrogens is 386 g/mol. The van der Waals surface area contributed by atoms with Crippen LogP contribution in [0, 0.1) is 0 Å². The number of benzene rings is 1. The standard InChI is InChI=1S/C19H22BrNO4/c1-3-23-16-8-5-14(13-17(16)24-4-2)11-12-21-19(22)10-7-15-6-9-18(20)25-15/h5-10,13H,3-4,11-12H2,1-2H3,(H,21,22)/b10-7+. The summed E-state index contributed by atoms with van der Waals surface area (Å²) in [6, 6.07) is 9.40. The summed E-state index contributed by atoms with van der Waals surface area (Å²) in [5.74, 6) is 1.93. The molecule has 0 aliphatic rings. The van der Waals surface area contributed by atoms with Crippen molar-refractivity contribution >= 4 is 27.9 Å². The number of ether oxygens (including phenoxy) is 2. The third kappa shape index (κ3) is 6.31. The molecule has 1 amide bonds. The molecular formula is C19H22BrNO4. The molecule has 0 aliphatic carbocycles. The molecule has 0 atom stereocenters. The number of hydrogen-bond donors (Lipinski definition) is 1. The van der Waals surface area contributed by atoms with Crippen LogP contribution in [0.15, 0.2) is 45.5 Å². The van der Waals surface area contributed by atoms with Gasteiger partial charge in [0.1, 0.15) is 5.76 Å². The summed E-state index contributed by atoms with van der Waals surface area (Å²) in [5.41, 5.74) is 1.08. The Kier molecular flexibility index (Phi) is 7.60. The molecule has 1 aromatic carbocycles. The van der Waals surface area contributed by atoms with E-state index in [0.717, 1.165) is 17.1 Å². The molecule has 0 bridgehead atoms. The summed E-state index contributed by atoms with van der Waals surface area (Å²) in [5, 5.41) is 2.85. The molecule has 6 heteroatoms. The van der Waals surface area contributed by atoms with Crippen molar-refractivity contribution in [3.05, 3.63) is 52.4 Å². The minimum Gasteiger partial charge on any atom is -0.490 e. The molecule has 0 saturated carbocycles. The highest BCUT2D eigenvalue weighted by molar-refractivity contribution is 9.10. The molecule has 0 aliphatic heterocycles. The maximum Gasteiger partial charge on any atom is 0.244 e. The van der Waals surface area contributed by atoms with Crippen molar-refractivity contribution in [2.24, 2.45) is 0 Å². The van der Waals surface area contributed by atoms with Crippen LogP contribution in [-0.2, 0) is 11.2 Å². The number of halogens is 1. The van der Waals surface area contributed by atoms with Gasteiger partial charge in [0, 0.05) is 12.6 Å². The Hall–Kier alpha value is -2.21. The molecule has 2 aromatic rings. The zero-order chi connectivity index (χ0) is 18.1. The first kappa shape index (κ1) is 19.1. The molecule has 0 radical (unpaired) electrons. The summed E-state index contributed by atoms with van der Waals surface area (Å²) < 4.78 is 17.1. The van der Waals surface area contributed by atoms with Gasteiger partial charge in [0.25, 0.3) is 0 Å². The van der Waals surface area contributed by atoms with Crippen molar-refractivity contribution in [2.75, 3.05) is 19.8 Å². The highest BCUT2D eigenvalue weighted by Gasteiger charge is 2.06. The van der Waals surface area contributed by atoms with Crippen molar-refractivity contribution in [2.45, 2.75) is 20.3 Å². The van der Waals surface area contributed by atoms with Crippen LogP contribution in [0.1, 0.15) is 25.2 Å². The highest BCUT2D eigenvalue weighted by atomic mass is 79.9. The fourth-order valence-electron chi connectivity index (χ4n) is 2.22. The number of rotatable bonds is 9. The normalized spacial score (nSPS) is 10.8. The van der Waals surface area contributed by atoms with Crippen molar-refractivity contribution < 1.29 is 18.7 Å². The molecule has 0 fully saturated rings. The predicted molar refractivity (Wildman–Crippen MR) is 101 cm³/mol. The molecule has 1 aromatic heterocycles. The van der Waals surface area contributed by atoms with Crippen LogP contribution in [0.25, 0.3) is 6.08 Å². The lowest BCUT2D eigenvalue weighted by Crippen LogP contribution is -2.23. The van der Waals surface area contributed by atoms with E-state index in [4.69, 9.17) is 13.9 Å². The van der Waals surface area contributed by atoms with Gasteiger partial charge in [-0.2, -0.15) is 0 Å². The number of hydrogen-bond acceptors (Lipinski definition) is 4. The van der Waals surface area contributed by atoms with Crippen molar-refractivity contribution in [3.8, 4) is 11.5 Å². The summed E-state index contributed by atoms with van der Waals surface area (Å²) in [6.07, 6.45) is 3.79. The van der Waals surface area contributed by atoms with Gasteiger partial charge in [-0.05, 0) is 72.1 Å². The topological polar surface area (TPSA) is 60.7 Å². The van der Waals surface area contributed by atoms with E-state index in [1.807, 2.05) is 32.0 Å². The molecule has 0 spiro atoms. The summed E-state index contributed by atoms with van der Waals surface area (Å²) in [7, 11) is 0. The minimum absolute atomic E-state index is 0.163. The molecule has 0 saturated heterocycles. The number of carbonyl (C=O) groups excluding carboxylic acids is 1. The first-order valence-electron chi connectivity index (χ1n) is 8.22. The second-order valence-electron chi connectivity index (χ2n) is 5.16. The van der Waals surface area contributed by atoms with E-state index in [0.29, 0.717) is 36.6 Å². The van der Waals surface area contributed by atoms with E-state index >= 15 is 0 Å². The molecule has 2 rings (SSSR count). The highest BCUT2D eigenvalue weighted by Crippen LogP contribution is 2.28. The number of amides is 1. The van der Waals surface area contributed by atoms with Crippen molar-refractivity contribution in [3.63, 3.8) is 0 Å².